The van der Waals surface area contributed by atoms with Crippen molar-refractivity contribution in [2.24, 2.45) is 23.5 Å². The van der Waals surface area contributed by atoms with E-state index < -0.39 is 58.7 Å². The summed E-state index contributed by atoms with van der Waals surface area (Å²) in [6, 6.07) is 5.91. The molecule has 218 valence electrons. The first-order valence-corrected chi connectivity index (χ1v) is 14.0. The van der Waals surface area contributed by atoms with Crippen molar-refractivity contribution >= 4 is 17.5 Å². The highest BCUT2D eigenvalue weighted by atomic mass is 16.4. The van der Waals surface area contributed by atoms with Gasteiger partial charge in [-0.05, 0) is 88.6 Å². The number of aliphatic hydroxyl groups excluding tert-OH is 2. The molecule has 2 fully saturated rings. The van der Waals surface area contributed by atoms with Crippen LogP contribution in [0.2, 0.25) is 0 Å². The van der Waals surface area contributed by atoms with Crippen molar-refractivity contribution in [2.75, 3.05) is 27.2 Å². The number of hydrogen-bond donors (Lipinski definition) is 5. The first-order valence-electron chi connectivity index (χ1n) is 14.0. The number of benzene rings is 1. The average molecular weight is 566 g/mol. The van der Waals surface area contributed by atoms with Gasteiger partial charge in [-0.3, -0.25) is 19.3 Å². The second-order valence-corrected chi connectivity index (χ2v) is 12.0. The number of primary amides is 1. The number of amides is 1. The SMILES string of the molecule is CN(C)[C@@H]1C(O)C(C(N)=O)C(=O)[C@@]2(O)C(O)=C3C(=O)c4c(O)ccc(-c5ccc(CN6CCCC6)o5)c4C[C@H]3C[C@@H]12. The van der Waals surface area contributed by atoms with E-state index in [2.05, 4.69) is 4.90 Å². The Bertz CT molecular complexity index is 1470. The third-order valence-electron chi connectivity index (χ3n) is 9.48. The Hall–Kier alpha value is -3.51. The van der Waals surface area contributed by atoms with Crippen molar-refractivity contribution in [3.05, 3.63) is 52.5 Å². The molecule has 1 saturated carbocycles. The van der Waals surface area contributed by atoms with Crippen molar-refractivity contribution < 1.29 is 39.2 Å². The lowest BCUT2D eigenvalue weighted by Crippen LogP contribution is -2.71. The van der Waals surface area contributed by atoms with Crippen molar-refractivity contribution in [3.8, 4) is 17.1 Å². The van der Waals surface area contributed by atoms with Crippen molar-refractivity contribution in [2.45, 2.75) is 50.0 Å². The number of phenols is 1. The van der Waals surface area contributed by atoms with Gasteiger partial charge in [0, 0.05) is 23.1 Å². The lowest BCUT2D eigenvalue weighted by Gasteiger charge is -2.53. The first kappa shape index (κ1) is 27.6. The molecule has 1 aliphatic heterocycles. The van der Waals surface area contributed by atoms with Gasteiger partial charge >= 0.3 is 0 Å². The number of carbonyl (C=O) groups is 3. The molecule has 6 N–H and O–H groups in total. The Labute approximate surface area is 236 Å². The zero-order valence-corrected chi connectivity index (χ0v) is 23.0. The predicted octanol–water partition coefficient (Wildman–Crippen LogP) is 1.14. The van der Waals surface area contributed by atoms with E-state index in [9.17, 15) is 34.8 Å². The fraction of sp³-hybridized carbons (Fsp3) is 0.500. The molecule has 2 unspecified atom stereocenters. The number of carbonyl (C=O) groups excluding carboxylic acids is 3. The highest BCUT2D eigenvalue weighted by molar-refractivity contribution is 6.16. The Kier molecular flexibility index (Phi) is 6.61. The van der Waals surface area contributed by atoms with E-state index in [-0.39, 0.29) is 29.7 Å². The van der Waals surface area contributed by atoms with Crippen molar-refractivity contribution in [3.63, 3.8) is 0 Å². The number of aromatic hydroxyl groups is 1. The minimum absolute atomic E-state index is 0.0289. The quantitative estimate of drug-likeness (QED) is 0.330. The van der Waals surface area contributed by atoms with Crippen LogP contribution < -0.4 is 5.73 Å². The molecule has 1 saturated heterocycles. The second-order valence-electron chi connectivity index (χ2n) is 12.0. The molecule has 11 nitrogen and oxygen atoms in total. The Morgan fingerprint density at radius 2 is 1.85 bits per heavy atom. The number of likely N-dealkylation sites (N-methyl/N-ethyl adjacent to an activating group) is 1. The Morgan fingerprint density at radius 1 is 1.15 bits per heavy atom. The van der Waals surface area contributed by atoms with Crippen LogP contribution in [0.4, 0.5) is 0 Å². The number of furan rings is 1. The van der Waals surface area contributed by atoms with E-state index in [1.165, 1.54) is 6.07 Å². The van der Waals surface area contributed by atoms with Gasteiger partial charge in [0.2, 0.25) is 5.91 Å². The summed E-state index contributed by atoms with van der Waals surface area (Å²) in [7, 11) is 3.26. The number of nitrogens with two attached hydrogens (primary N) is 1. The fourth-order valence-electron chi connectivity index (χ4n) is 7.61. The van der Waals surface area contributed by atoms with E-state index in [1.54, 1.807) is 25.1 Å². The van der Waals surface area contributed by atoms with Crippen LogP contribution in [0.5, 0.6) is 5.75 Å². The lowest BCUT2D eigenvalue weighted by atomic mass is 9.56. The monoisotopic (exact) mass is 565 g/mol. The predicted molar refractivity (Wildman–Crippen MR) is 146 cm³/mol. The van der Waals surface area contributed by atoms with Crippen LogP contribution in [0.15, 0.2) is 40.0 Å². The van der Waals surface area contributed by atoms with Gasteiger partial charge in [-0.2, -0.15) is 0 Å². The second kappa shape index (κ2) is 9.80. The summed E-state index contributed by atoms with van der Waals surface area (Å²) in [5.74, 6) is -6.22. The van der Waals surface area contributed by atoms with Crippen LogP contribution in [0.1, 0.15) is 40.9 Å². The summed E-state index contributed by atoms with van der Waals surface area (Å²) in [6.45, 7) is 2.70. The maximum Gasteiger partial charge on any atom is 0.230 e. The molecule has 1 aromatic carbocycles. The standard InChI is InChI=1S/C30H35N3O8/c1-32(2)24-18-12-14-11-17-16(20-8-5-15(41-20)13-33-9-3-4-10-33)6-7-19(34)22(17)25(35)21(14)27(37)30(18,40)28(38)23(26(24)36)29(31)39/h5-8,14,18,23-24,26,34,36-37,40H,3-4,9-13H2,1-2H3,(H2,31,39)/t14-,18-,23?,24-,26?,30-/m0/s1. The molecule has 11 heteroatoms. The van der Waals surface area contributed by atoms with Crippen molar-refractivity contribution in [1.82, 2.24) is 9.80 Å². The minimum atomic E-state index is -2.61. The van der Waals surface area contributed by atoms with Crippen molar-refractivity contribution in [1.29, 1.82) is 0 Å². The Morgan fingerprint density at radius 3 is 2.51 bits per heavy atom. The van der Waals surface area contributed by atoms with Gasteiger partial charge in [0.05, 0.1) is 18.2 Å². The normalized spacial score (nSPS) is 31.8. The zero-order valence-electron chi connectivity index (χ0n) is 23.0. The molecule has 0 spiro atoms. The van der Waals surface area contributed by atoms with Gasteiger partial charge in [-0.1, -0.05) is 0 Å². The number of aliphatic hydroxyl groups is 3. The molecule has 6 atom stereocenters. The molecule has 1 amide bonds. The van der Waals surface area contributed by atoms with Crippen LogP contribution >= 0.6 is 0 Å². The third-order valence-corrected chi connectivity index (χ3v) is 9.48. The summed E-state index contributed by atoms with van der Waals surface area (Å²) in [5, 5.41) is 45.1. The molecule has 0 radical (unpaired) electrons. The summed E-state index contributed by atoms with van der Waals surface area (Å²) >= 11 is 0. The number of ketones is 2. The van der Waals surface area contributed by atoms with Crippen LogP contribution in [0.3, 0.4) is 0 Å². The summed E-state index contributed by atoms with van der Waals surface area (Å²) in [6.07, 6.45) is 1.07. The summed E-state index contributed by atoms with van der Waals surface area (Å²) < 4.78 is 6.18. The zero-order chi connectivity index (χ0) is 29.4. The van der Waals surface area contributed by atoms with E-state index in [0.717, 1.165) is 31.7 Å². The number of phenolic OH excluding ortho intramolecular Hbond substituents is 1. The van der Waals surface area contributed by atoms with Crippen LogP contribution in [0, 0.1) is 17.8 Å². The molecule has 2 heterocycles. The molecule has 1 aromatic heterocycles. The van der Waals surface area contributed by atoms with Gasteiger partial charge in [-0.15, -0.1) is 0 Å². The lowest BCUT2D eigenvalue weighted by molar-refractivity contribution is -0.178. The number of hydrogen-bond acceptors (Lipinski definition) is 10. The maximum absolute atomic E-state index is 13.9. The number of rotatable bonds is 5. The first-order chi connectivity index (χ1) is 19.4. The highest BCUT2D eigenvalue weighted by Crippen LogP contribution is 2.53. The van der Waals surface area contributed by atoms with E-state index in [1.807, 2.05) is 12.1 Å². The van der Waals surface area contributed by atoms with E-state index in [0.29, 0.717) is 23.4 Å². The maximum atomic E-state index is 13.9. The number of allylic oxidation sites excluding steroid dienone is 1. The molecular weight excluding hydrogens is 530 g/mol. The van der Waals surface area contributed by atoms with Gasteiger partial charge in [-0.25, -0.2) is 0 Å². The average Bonchev–Trinajstić information content (AvgIpc) is 3.59. The highest BCUT2D eigenvalue weighted by Gasteiger charge is 2.66. The minimum Gasteiger partial charge on any atom is -0.508 e. The molecule has 3 aliphatic carbocycles. The largest absolute Gasteiger partial charge is 0.508 e. The fourth-order valence-corrected chi connectivity index (χ4v) is 7.61. The smallest absolute Gasteiger partial charge is 0.230 e. The topological polar surface area (TPSA) is 178 Å². The molecule has 0 bridgehead atoms. The van der Waals surface area contributed by atoms with Gasteiger partial charge in [0.15, 0.2) is 17.2 Å². The molecular formula is C30H35N3O8. The van der Waals surface area contributed by atoms with Gasteiger partial charge < -0.3 is 35.5 Å². The van der Waals surface area contributed by atoms with E-state index >= 15 is 0 Å². The number of likely N-dealkylation sites (tertiary alicyclic amines) is 1. The molecule has 4 aliphatic rings. The van der Waals surface area contributed by atoms with E-state index in [4.69, 9.17) is 10.2 Å². The number of Topliss-reactive ketones (excluding diaryl/α,β-unsaturated/α-hetero) is 2. The third kappa shape index (κ3) is 4.05. The van der Waals surface area contributed by atoms with Crippen LogP contribution in [-0.2, 0) is 22.6 Å². The molecule has 41 heavy (non-hydrogen) atoms. The number of nitrogens with zero attached hydrogens (tertiary/aromatic N) is 2. The molecule has 2 aromatic rings. The summed E-state index contributed by atoms with van der Waals surface area (Å²) in [5.41, 5.74) is 3.81. The van der Waals surface area contributed by atoms with Crippen LogP contribution in [-0.4, -0.2) is 92.6 Å². The summed E-state index contributed by atoms with van der Waals surface area (Å²) in [4.78, 5) is 43.5. The van der Waals surface area contributed by atoms with Gasteiger partial charge in [0.25, 0.3) is 0 Å². The van der Waals surface area contributed by atoms with Gasteiger partial charge in [0.1, 0.15) is 28.9 Å². The molecule has 6 rings (SSSR count). The van der Waals surface area contributed by atoms with Crippen LogP contribution in [0.25, 0.3) is 11.3 Å². The Balaban J connectivity index is 1.44. The number of fused-ring (bicyclic) bond motifs is 3.